The molecule has 5 nitrogen and oxygen atoms in total. The van der Waals surface area contributed by atoms with Crippen LogP contribution in [-0.4, -0.2) is 50.6 Å². The minimum Gasteiger partial charge on any atom is -0.483 e. The lowest BCUT2D eigenvalue weighted by molar-refractivity contribution is -0.118. The Bertz CT molecular complexity index is 773. The third kappa shape index (κ3) is 4.68. The molecule has 1 fully saturated rings. The highest BCUT2D eigenvalue weighted by Gasteiger charge is 2.18. The van der Waals surface area contributed by atoms with Crippen molar-refractivity contribution in [3.63, 3.8) is 0 Å². The normalized spacial score (nSPS) is 15.0. The quantitative estimate of drug-likeness (QED) is 0.872. The molecule has 0 spiro atoms. The number of ether oxygens (including phenoxy) is 1. The molecule has 1 amide bonds. The zero-order valence-corrected chi connectivity index (χ0v) is 15.9. The minimum atomic E-state index is -0.203. The summed E-state index contributed by atoms with van der Waals surface area (Å²) in [6, 6.07) is 13.3. The van der Waals surface area contributed by atoms with Crippen molar-refractivity contribution in [3.8, 4) is 5.75 Å². The molecule has 1 heterocycles. The van der Waals surface area contributed by atoms with E-state index in [1.54, 1.807) is 6.07 Å². The Hall–Kier alpha value is -2.24. The molecule has 0 atom stereocenters. The molecular formula is C20H24ClN3O2. The van der Waals surface area contributed by atoms with Crippen LogP contribution in [0.3, 0.4) is 0 Å². The summed E-state index contributed by atoms with van der Waals surface area (Å²) in [5.74, 6) is 0.513. The number of rotatable bonds is 5. The minimum absolute atomic E-state index is 0.0421. The van der Waals surface area contributed by atoms with E-state index in [4.69, 9.17) is 16.3 Å². The van der Waals surface area contributed by atoms with Gasteiger partial charge in [-0.1, -0.05) is 29.8 Å². The molecule has 0 aromatic heterocycles. The number of anilines is 2. The number of halogens is 1. The lowest BCUT2D eigenvalue weighted by atomic mass is 10.2. The Kier molecular flexibility index (Phi) is 6.01. The molecule has 138 valence electrons. The van der Waals surface area contributed by atoms with Crippen LogP contribution in [0.5, 0.6) is 5.75 Å². The average Bonchev–Trinajstić information content (AvgIpc) is 2.62. The summed E-state index contributed by atoms with van der Waals surface area (Å²) in [5.41, 5.74) is 2.72. The molecule has 0 saturated carbocycles. The molecule has 0 aliphatic carbocycles. The third-order valence-corrected chi connectivity index (χ3v) is 4.76. The van der Waals surface area contributed by atoms with Gasteiger partial charge in [-0.15, -0.1) is 0 Å². The number of hydrogen-bond acceptors (Lipinski definition) is 4. The Morgan fingerprint density at radius 3 is 2.62 bits per heavy atom. The van der Waals surface area contributed by atoms with Crippen LogP contribution in [0.4, 0.5) is 11.4 Å². The van der Waals surface area contributed by atoms with Gasteiger partial charge in [-0.25, -0.2) is 0 Å². The maximum Gasteiger partial charge on any atom is 0.262 e. The predicted molar refractivity (Wildman–Crippen MR) is 106 cm³/mol. The summed E-state index contributed by atoms with van der Waals surface area (Å²) >= 11 is 6.15. The monoisotopic (exact) mass is 373 g/mol. The Labute approximate surface area is 159 Å². The van der Waals surface area contributed by atoms with Gasteiger partial charge >= 0.3 is 0 Å². The van der Waals surface area contributed by atoms with Gasteiger partial charge in [-0.3, -0.25) is 4.79 Å². The first-order valence-electron chi connectivity index (χ1n) is 8.74. The van der Waals surface area contributed by atoms with Crippen molar-refractivity contribution in [1.82, 2.24) is 4.90 Å². The summed E-state index contributed by atoms with van der Waals surface area (Å²) in [6.45, 7) is 5.73. The van der Waals surface area contributed by atoms with Gasteiger partial charge in [0.05, 0.1) is 11.4 Å². The number of para-hydroxylation sites is 1. The summed E-state index contributed by atoms with van der Waals surface area (Å²) in [6.07, 6.45) is 0. The molecule has 2 aromatic rings. The number of piperazine rings is 1. The van der Waals surface area contributed by atoms with Gasteiger partial charge in [-0.2, -0.15) is 0 Å². The van der Waals surface area contributed by atoms with E-state index < -0.39 is 0 Å². The van der Waals surface area contributed by atoms with E-state index in [9.17, 15) is 4.79 Å². The Balaban J connectivity index is 1.67. The van der Waals surface area contributed by atoms with Gasteiger partial charge in [0.15, 0.2) is 6.61 Å². The first-order valence-corrected chi connectivity index (χ1v) is 9.12. The van der Waals surface area contributed by atoms with Gasteiger partial charge in [0, 0.05) is 31.2 Å². The molecule has 2 aromatic carbocycles. The molecule has 26 heavy (non-hydrogen) atoms. The van der Waals surface area contributed by atoms with Gasteiger partial charge in [0.2, 0.25) is 0 Å². The average molecular weight is 374 g/mol. The van der Waals surface area contributed by atoms with E-state index in [1.165, 1.54) is 0 Å². The third-order valence-electron chi connectivity index (χ3n) is 4.53. The number of benzene rings is 2. The van der Waals surface area contributed by atoms with Crippen LogP contribution in [0, 0.1) is 6.92 Å². The molecular weight excluding hydrogens is 350 g/mol. The van der Waals surface area contributed by atoms with Gasteiger partial charge < -0.3 is 19.9 Å². The fraction of sp³-hybridized carbons (Fsp3) is 0.350. The number of likely N-dealkylation sites (N-methyl/N-ethyl adjacent to an activating group) is 1. The van der Waals surface area contributed by atoms with E-state index in [0.717, 1.165) is 43.1 Å². The summed E-state index contributed by atoms with van der Waals surface area (Å²) in [5, 5.41) is 3.54. The smallest absolute Gasteiger partial charge is 0.262 e. The zero-order valence-electron chi connectivity index (χ0n) is 15.2. The number of amides is 1. The number of carbonyl (C=O) groups excluding carboxylic acids is 1. The van der Waals surface area contributed by atoms with E-state index in [2.05, 4.69) is 22.2 Å². The Morgan fingerprint density at radius 2 is 1.88 bits per heavy atom. The van der Waals surface area contributed by atoms with Gasteiger partial charge in [0.1, 0.15) is 5.75 Å². The van der Waals surface area contributed by atoms with E-state index >= 15 is 0 Å². The lowest BCUT2D eigenvalue weighted by Gasteiger charge is -2.35. The number of carbonyl (C=O) groups is 1. The maximum absolute atomic E-state index is 12.4. The summed E-state index contributed by atoms with van der Waals surface area (Å²) < 4.78 is 5.64. The van der Waals surface area contributed by atoms with Crippen molar-refractivity contribution in [2.24, 2.45) is 0 Å². The Morgan fingerprint density at radius 1 is 1.15 bits per heavy atom. The first-order chi connectivity index (χ1) is 12.5. The number of nitrogens with zero attached hydrogens (tertiary/aromatic N) is 2. The molecule has 0 bridgehead atoms. The highest BCUT2D eigenvalue weighted by Crippen LogP contribution is 2.30. The lowest BCUT2D eigenvalue weighted by Crippen LogP contribution is -2.44. The van der Waals surface area contributed by atoms with Crippen molar-refractivity contribution < 1.29 is 9.53 Å². The van der Waals surface area contributed by atoms with Crippen molar-refractivity contribution >= 4 is 28.9 Å². The second kappa shape index (κ2) is 8.43. The van der Waals surface area contributed by atoms with Crippen LogP contribution in [0.2, 0.25) is 5.02 Å². The largest absolute Gasteiger partial charge is 0.483 e. The fourth-order valence-electron chi connectivity index (χ4n) is 2.98. The van der Waals surface area contributed by atoms with Crippen LogP contribution in [0.15, 0.2) is 42.5 Å². The van der Waals surface area contributed by atoms with Crippen LogP contribution in [-0.2, 0) is 4.79 Å². The SMILES string of the molecule is Cc1ccccc1OCC(=O)Nc1cc(Cl)ccc1N1CCN(C)CC1. The number of hydrogen-bond donors (Lipinski definition) is 1. The fourth-order valence-corrected chi connectivity index (χ4v) is 3.15. The van der Waals surface area contributed by atoms with E-state index in [1.807, 2.05) is 43.3 Å². The highest BCUT2D eigenvalue weighted by atomic mass is 35.5. The number of aryl methyl sites for hydroxylation is 1. The maximum atomic E-state index is 12.4. The van der Waals surface area contributed by atoms with E-state index in [-0.39, 0.29) is 12.5 Å². The molecule has 1 saturated heterocycles. The molecule has 1 N–H and O–H groups in total. The summed E-state index contributed by atoms with van der Waals surface area (Å²) in [7, 11) is 2.12. The topological polar surface area (TPSA) is 44.8 Å². The van der Waals surface area contributed by atoms with Crippen LogP contribution in [0.1, 0.15) is 5.56 Å². The van der Waals surface area contributed by atoms with Gasteiger partial charge in [-0.05, 0) is 43.8 Å². The van der Waals surface area contributed by atoms with Crippen molar-refractivity contribution in [3.05, 3.63) is 53.1 Å². The standard InChI is InChI=1S/C20H24ClN3O2/c1-15-5-3-4-6-19(15)26-14-20(25)22-17-13-16(21)7-8-18(17)24-11-9-23(2)10-12-24/h3-8,13H,9-12,14H2,1-2H3,(H,22,25). The zero-order chi connectivity index (χ0) is 18.5. The van der Waals surface area contributed by atoms with Gasteiger partial charge in [0.25, 0.3) is 5.91 Å². The molecule has 0 unspecified atom stereocenters. The molecule has 1 aliphatic rings. The summed E-state index contributed by atoms with van der Waals surface area (Å²) in [4.78, 5) is 17.0. The molecule has 0 radical (unpaired) electrons. The van der Waals surface area contributed by atoms with Crippen LogP contribution < -0.4 is 15.0 Å². The number of nitrogens with one attached hydrogen (secondary N) is 1. The second-order valence-electron chi connectivity index (χ2n) is 6.55. The molecule has 3 rings (SSSR count). The van der Waals surface area contributed by atoms with E-state index in [0.29, 0.717) is 10.8 Å². The van der Waals surface area contributed by atoms with Crippen LogP contribution >= 0.6 is 11.6 Å². The second-order valence-corrected chi connectivity index (χ2v) is 6.99. The highest BCUT2D eigenvalue weighted by molar-refractivity contribution is 6.31. The molecule has 6 heteroatoms. The van der Waals surface area contributed by atoms with Crippen molar-refractivity contribution in [2.75, 3.05) is 50.1 Å². The van der Waals surface area contributed by atoms with Crippen LogP contribution in [0.25, 0.3) is 0 Å². The predicted octanol–water partition coefficient (Wildman–Crippen LogP) is 3.42. The first kappa shape index (κ1) is 18.5. The van der Waals surface area contributed by atoms with Crippen molar-refractivity contribution in [1.29, 1.82) is 0 Å². The van der Waals surface area contributed by atoms with Crippen molar-refractivity contribution in [2.45, 2.75) is 6.92 Å². The molecule has 1 aliphatic heterocycles.